The number of pyridine rings is 1. The largest absolute Gasteiger partial charge is 0.487 e. The van der Waals surface area contributed by atoms with Crippen LogP contribution in [0, 0.1) is 6.92 Å². The van der Waals surface area contributed by atoms with E-state index in [4.69, 9.17) is 4.74 Å². The molecular weight excluding hydrogens is 348 g/mol. The zero-order chi connectivity index (χ0) is 17.9. The number of nitrogens with zero attached hydrogens (tertiary/aromatic N) is 3. The van der Waals surface area contributed by atoms with E-state index < -0.39 is 0 Å². The van der Waals surface area contributed by atoms with Gasteiger partial charge in [-0.2, -0.15) is 0 Å². The number of hydrogen-bond donors (Lipinski definition) is 1. The number of fused-ring (bicyclic) bond motifs is 1. The topological polar surface area (TPSA) is 68.5 Å². The monoisotopic (exact) mass is 364 g/mol. The van der Waals surface area contributed by atoms with Gasteiger partial charge in [0.25, 0.3) is 5.91 Å². The summed E-state index contributed by atoms with van der Waals surface area (Å²) in [6, 6.07) is 11.3. The summed E-state index contributed by atoms with van der Waals surface area (Å²) in [6.07, 6.45) is 5.12. The first kappa shape index (κ1) is 16.3. The number of aryl methyl sites for hydroxylation is 1. The summed E-state index contributed by atoms with van der Waals surface area (Å²) < 4.78 is 7.54. The third-order valence-electron chi connectivity index (χ3n) is 3.95. The molecule has 0 fully saturated rings. The van der Waals surface area contributed by atoms with E-state index >= 15 is 0 Å². The predicted molar refractivity (Wildman–Crippen MR) is 101 cm³/mol. The van der Waals surface area contributed by atoms with Crippen LogP contribution in [0.3, 0.4) is 0 Å². The van der Waals surface area contributed by atoms with Gasteiger partial charge in [0.2, 0.25) is 0 Å². The lowest BCUT2D eigenvalue weighted by molar-refractivity contribution is 0.102. The van der Waals surface area contributed by atoms with Crippen LogP contribution in [-0.4, -0.2) is 20.3 Å². The number of nitrogens with one attached hydrogen (secondary N) is 1. The lowest BCUT2D eigenvalue weighted by atomic mass is 10.2. The molecule has 3 heterocycles. The second-order valence-electron chi connectivity index (χ2n) is 5.76. The van der Waals surface area contributed by atoms with Crippen molar-refractivity contribution in [2.45, 2.75) is 13.5 Å². The molecular formula is C19H16N4O2S. The Morgan fingerprint density at radius 2 is 2.23 bits per heavy atom. The quantitative estimate of drug-likeness (QED) is 0.583. The van der Waals surface area contributed by atoms with Crippen LogP contribution in [0.25, 0.3) is 4.83 Å². The van der Waals surface area contributed by atoms with Gasteiger partial charge < -0.3 is 10.1 Å². The molecule has 0 aliphatic heterocycles. The average Bonchev–Trinajstić information content (AvgIpc) is 3.26. The summed E-state index contributed by atoms with van der Waals surface area (Å²) in [6.45, 7) is 2.34. The predicted octanol–water partition coefficient (Wildman–Crippen LogP) is 3.93. The number of rotatable bonds is 5. The van der Waals surface area contributed by atoms with Crippen LogP contribution >= 0.6 is 11.3 Å². The Morgan fingerprint density at radius 1 is 1.31 bits per heavy atom. The highest BCUT2D eigenvalue weighted by Crippen LogP contribution is 2.23. The van der Waals surface area contributed by atoms with E-state index in [1.165, 1.54) is 11.3 Å². The van der Waals surface area contributed by atoms with Crippen LogP contribution in [0.2, 0.25) is 0 Å². The standard InChI is InChI=1S/C19H16N4O2S/c1-13-8-15(25-10-14-4-2-3-7-21-14)5-6-16(13)22-19(24)17-11-26-18-9-20-12-23(17)18/h2-9,11-12H,10H2,1H3,(H,22,24). The molecule has 1 aromatic carbocycles. The molecule has 4 aromatic rings. The fourth-order valence-electron chi connectivity index (χ4n) is 2.58. The van der Waals surface area contributed by atoms with E-state index in [0.717, 1.165) is 27.5 Å². The summed E-state index contributed by atoms with van der Waals surface area (Å²) in [5.41, 5.74) is 3.11. The highest BCUT2D eigenvalue weighted by molar-refractivity contribution is 7.15. The molecule has 4 rings (SSSR count). The Labute approximate surface area is 154 Å². The molecule has 26 heavy (non-hydrogen) atoms. The molecule has 6 nitrogen and oxygen atoms in total. The smallest absolute Gasteiger partial charge is 0.273 e. The second kappa shape index (κ2) is 6.97. The lowest BCUT2D eigenvalue weighted by Crippen LogP contribution is -2.14. The number of benzene rings is 1. The Hall–Kier alpha value is -3.19. The van der Waals surface area contributed by atoms with Crippen LogP contribution in [0.4, 0.5) is 5.69 Å². The van der Waals surface area contributed by atoms with Crippen LogP contribution in [0.1, 0.15) is 21.7 Å². The van der Waals surface area contributed by atoms with Crippen LogP contribution < -0.4 is 10.1 Å². The minimum Gasteiger partial charge on any atom is -0.487 e. The minimum atomic E-state index is -0.167. The van der Waals surface area contributed by atoms with Crippen molar-refractivity contribution in [3.63, 3.8) is 0 Å². The van der Waals surface area contributed by atoms with Gasteiger partial charge in [-0.05, 0) is 42.8 Å². The zero-order valence-corrected chi connectivity index (χ0v) is 14.9. The van der Waals surface area contributed by atoms with E-state index in [1.807, 2.05) is 48.7 Å². The lowest BCUT2D eigenvalue weighted by Gasteiger charge is -2.11. The average molecular weight is 364 g/mol. The zero-order valence-electron chi connectivity index (χ0n) is 14.0. The summed E-state index contributed by atoms with van der Waals surface area (Å²) in [5, 5.41) is 4.77. The van der Waals surface area contributed by atoms with Gasteiger partial charge in [-0.3, -0.25) is 14.2 Å². The number of amides is 1. The molecule has 0 bridgehead atoms. The molecule has 3 aromatic heterocycles. The van der Waals surface area contributed by atoms with Crippen molar-refractivity contribution in [1.29, 1.82) is 0 Å². The number of carbonyl (C=O) groups is 1. The number of aromatic nitrogens is 3. The van der Waals surface area contributed by atoms with Gasteiger partial charge >= 0.3 is 0 Å². The molecule has 0 unspecified atom stereocenters. The minimum absolute atomic E-state index is 0.167. The van der Waals surface area contributed by atoms with Crippen molar-refractivity contribution in [3.8, 4) is 5.75 Å². The highest BCUT2D eigenvalue weighted by Gasteiger charge is 2.13. The summed E-state index contributed by atoms with van der Waals surface area (Å²) in [5.74, 6) is 0.568. The third-order valence-corrected chi connectivity index (χ3v) is 4.83. The van der Waals surface area contributed by atoms with Gasteiger partial charge in [0.15, 0.2) is 0 Å². The van der Waals surface area contributed by atoms with Crippen LogP contribution in [0.15, 0.2) is 60.5 Å². The summed E-state index contributed by atoms with van der Waals surface area (Å²) >= 11 is 1.48. The van der Waals surface area contributed by atoms with E-state index in [0.29, 0.717) is 12.3 Å². The first-order valence-electron chi connectivity index (χ1n) is 8.05. The number of imidazole rings is 1. The number of ether oxygens (including phenoxy) is 1. The maximum absolute atomic E-state index is 12.5. The van der Waals surface area contributed by atoms with Crippen molar-refractivity contribution in [2.24, 2.45) is 0 Å². The molecule has 1 N–H and O–H groups in total. The Balaban J connectivity index is 1.46. The van der Waals surface area contributed by atoms with Gasteiger partial charge in [-0.1, -0.05) is 6.07 Å². The molecule has 0 saturated heterocycles. The number of anilines is 1. The van der Waals surface area contributed by atoms with Gasteiger partial charge in [-0.25, -0.2) is 4.98 Å². The van der Waals surface area contributed by atoms with Crippen molar-refractivity contribution < 1.29 is 9.53 Å². The SMILES string of the molecule is Cc1cc(OCc2ccccn2)ccc1NC(=O)c1csc2cncn12. The fourth-order valence-corrected chi connectivity index (χ4v) is 3.41. The molecule has 0 aliphatic carbocycles. The van der Waals surface area contributed by atoms with E-state index in [2.05, 4.69) is 15.3 Å². The Morgan fingerprint density at radius 3 is 3.04 bits per heavy atom. The molecule has 0 aliphatic rings. The van der Waals surface area contributed by atoms with Crippen molar-refractivity contribution in [2.75, 3.05) is 5.32 Å². The molecule has 0 radical (unpaired) electrons. The van der Waals surface area contributed by atoms with Crippen LogP contribution in [0.5, 0.6) is 5.75 Å². The molecule has 0 saturated carbocycles. The normalized spacial score (nSPS) is 10.8. The molecule has 0 atom stereocenters. The van der Waals surface area contributed by atoms with Gasteiger partial charge in [0.1, 0.15) is 29.2 Å². The molecule has 0 spiro atoms. The summed E-state index contributed by atoms with van der Waals surface area (Å²) in [4.78, 5) is 21.8. The second-order valence-corrected chi connectivity index (χ2v) is 6.65. The molecule has 7 heteroatoms. The van der Waals surface area contributed by atoms with Gasteiger partial charge in [0, 0.05) is 17.3 Å². The van der Waals surface area contributed by atoms with Gasteiger partial charge in [-0.15, -0.1) is 11.3 Å². The Kier molecular flexibility index (Phi) is 4.37. The third kappa shape index (κ3) is 3.29. The molecule has 130 valence electrons. The first-order chi connectivity index (χ1) is 12.7. The Bertz CT molecular complexity index is 1060. The van der Waals surface area contributed by atoms with E-state index in [-0.39, 0.29) is 5.91 Å². The van der Waals surface area contributed by atoms with E-state index in [1.54, 1.807) is 23.1 Å². The summed E-state index contributed by atoms with van der Waals surface area (Å²) in [7, 11) is 0. The number of hydrogen-bond acceptors (Lipinski definition) is 5. The number of thiazole rings is 1. The van der Waals surface area contributed by atoms with Crippen molar-refractivity contribution in [1.82, 2.24) is 14.4 Å². The highest BCUT2D eigenvalue weighted by atomic mass is 32.1. The maximum atomic E-state index is 12.5. The van der Waals surface area contributed by atoms with Gasteiger partial charge in [0.05, 0.1) is 11.9 Å². The van der Waals surface area contributed by atoms with E-state index in [9.17, 15) is 4.79 Å². The maximum Gasteiger partial charge on any atom is 0.273 e. The first-order valence-corrected chi connectivity index (χ1v) is 8.93. The van der Waals surface area contributed by atoms with Crippen molar-refractivity contribution >= 4 is 27.8 Å². The number of carbonyl (C=O) groups excluding carboxylic acids is 1. The fraction of sp³-hybridized carbons (Fsp3) is 0.105. The van der Waals surface area contributed by atoms with Crippen molar-refractivity contribution in [3.05, 3.63) is 77.5 Å². The van der Waals surface area contributed by atoms with Crippen LogP contribution in [-0.2, 0) is 6.61 Å². The molecule has 1 amide bonds.